The summed E-state index contributed by atoms with van der Waals surface area (Å²) in [4.78, 5) is 2.28. The summed E-state index contributed by atoms with van der Waals surface area (Å²) in [6.45, 7) is 2.80. The van der Waals surface area contributed by atoms with Gasteiger partial charge in [-0.3, -0.25) is 0 Å². The lowest BCUT2D eigenvalue weighted by Gasteiger charge is -2.26. The normalized spacial score (nSPS) is 14.4. The molecule has 0 atom stereocenters. The summed E-state index contributed by atoms with van der Waals surface area (Å²) in [5, 5.41) is 9.30. The van der Waals surface area contributed by atoms with Gasteiger partial charge in [-0.05, 0) is 37.5 Å². The van der Waals surface area contributed by atoms with E-state index in [9.17, 15) is 0 Å². The Hall–Kier alpha value is -1.40. The molecule has 3 nitrogen and oxygen atoms in total. The molecular formula is C13H16ClN3. The van der Waals surface area contributed by atoms with Gasteiger partial charge in [-0.25, -0.2) is 0 Å². The molecule has 2 N–H and O–H groups in total. The van der Waals surface area contributed by atoms with Gasteiger partial charge in [0.1, 0.15) is 0 Å². The first-order valence-corrected chi connectivity index (χ1v) is 6.20. The van der Waals surface area contributed by atoms with Gasteiger partial charge in [0.05, 0.1) is 23.2 Å². The first-order valence-electron chi connectivity index (χ1n) is 5.82. The van der Waals surface area contributed by atoms with Gasteiger partial charge >= 0.3 is 0 Å². The van der Waals surface area contributed by atoms with Crippen molar-refractivity contribution >= 4 is 23.0 Å². The van der Waals surface area contributed by atoms with E-state index in [1.165, 1.54) is 12.8 Å². The maximum Gasteiger partial charge on any atom is 0.0656 e. The van der Waals surface area contributed by atoms with Gasteiger partial charge in [0.2, 0.25) is 0 Å². The maximum absolute atomic E-state index is 8.71. The van der Waals surface area contributed by atoms with Crippen molar-refractivity contribution in [3.8, 4) is 6.07 Å². The van der Waals surface area contributed by atoms with Crippen LogP contribution in [0.1, 0.15) is 24.8 Å². The number of nitriles is 1. The van der Waals surface area contributed by atoms with Gasteiger partial charge in [-0.2, -0.15) is 5.26 Å². The molecule has 1 aromatic carbocycles. The first kappa shape index (κ1) is 12.1. The second-order valence-electron chi connectivity index (χ2n) is 4.49. The maximum atomic E-state index is 8.71. The van der Waals surface area contributed by atoms with Crippen LogP contribution in [0.5, 0.6) is 0 Å². The lowest BCUT2D eigenvalue weighted by molar-refractivity contribution is 0.790. The number of rotatable bonds is 4. The third-order valence-corrected chi connectivity index (χ3v) is 3.40. The summed E-state index contributed by atoms with van der Waals surface area (Å²) in [5.74, 6) is 0. The smallest absolute Gasteiger partial charge is 0.0656 e. The number of hydrogen-bond acceptors (Lipinski definition) is 3. The molecule has 0 aromatic heterocycles. The summed E-state index contributed by atoms with van der Waals surface area (Å²) in [7, 11) is 0. The zero-order valence-corrected chi connectivity index (χ0v) is 10.7. The third-order valence-electron chi connectivity index (χ3n) is 3.08. The molecule has 1 aromatic rings. The highest BCUT2D eigenvalue weighted by molar-refractivity contribution is 6.33. The van der Waals surface area contributed by atoms with Gasteiger partial charge in [0.25, 0.3) is 0 Å². The number of benzene rings is 1. The van der Waals surface area contributed by atoms with Crippen molar-refractivity contribution in [2.45, 2.75) is 32.2 Å². The van der Waals surface area contributed by atoms with Crippen LogP contribution in [0.3, 0.4) is 0 Å². The van der Waals surface area contributed by atoms with E-state index in [-0.39, 0.29) is 0 Å². The van der Waals surface area contributed by atoms with Gasteiger partial charge in [-0.1, -0.05) is 11.6 Å². The number of nitrogens with two attached hydrogens (primary N) is 1. The molecule has 0 aliphatic heterocycles. The molecule has 0 bridgehead atoms. The molecule has 1 fully saturated rings. The molecule has 90 valence electrons. The van der Waals surface area contributed by atoms with Crippen molar-refractivity contribution in [2.24, 2.45) is 0 Å². The second-order valence-corrected chi connectivity index (χ2v) is 4.90. The fourth-order valence-electron chi connectivity index (χ4n) is 2.06. The standard InChI is InChI=1S/C13H16ClN3/c1-9-7-12(16)11(14)8-13(9)17(6-2-5-15)10-3-4-10/h7-8,10H,2-4,6,16H2,1H3. The molecule has 0 spiro atoms. The highest BCUT2D eigenvalue weighted by Crippen LogP contribution is 2.36. The van der Waals surface area contributed by atoms with Crippen LogP contribution in [0.25, 0.3) is 0 Å². The zero-order valence-electron chi connectivity index (χ0n) is 9.91. The monoisotopic (exact) mass is 249 g/mol. The summed E-state index contributed by atoms with van der Waals surface area (Å²) >= 11 is 6.07. The molecular weight excluding hydrogens is 234 g/mol. The molecule has 0 saturated heterocycles. The fraction of sp³-hybridized carbons (Fsp3) is 0.462. The van der Waals surface area contributed by atoms with E-state index < -0.39 is 0 Å². The highest BCUT2D eigenvalue weighted by atomic mass is 35.5. The summed E-state index contributed by atoms with van der Waals surface area (Å²) in [5.41, 5.74) is 8.63. The number of anilines is 2. The summed E-state index contributed by atoms with van der Waals surface area (Å²) < 4.78 is 0. The minimum absolute atomic E-state index is 0.540. The molecule has 4 heteroatoms. The van der Waals surface area contributed by atoms with Gasteiger partial charge in [0.15, 0.2) is 0 Å². The summed E-state index contributed by atoms with van der Waals surface area (Å²) in [6, 6.07) is 6.59. The first-order chi connectivity index (χ1) is 8.13. The molecule has 17 heavy (non-hydrogen) atoms. The van der Waals surface area contributed by atoms with E-state index in [4.69, 9.17) is 22.6 Å². The number of nitrogen functional groups attached to an aromatic ring is 1. The van der Waals surface area contributed by atoms with E-state index in [2.05, 4.69) is 11.0 Å². The van der Waals surface area contributed by atoms with Crippen LogP contribution in [-0.4, -0.2) is 12.6 Å². The Morgan fingerprint density at radius 2 is 2.24 bits per heavy atom. The van der Waals surface area contributed by atoms with Crippen LogP contribution in [0.15, 0.2) is 12.1 Å². The molecule has 1 aliphatic rings. The van der Waals surface area contributed by atoms with Crippen molar-refractivity contribution in [3.05, 3.63) is 22.7 Å². The van der Waals surface area contributed by atoms with E-state index >= 15 is 0 Å². The SMILES string of the molecule is Cc1cc(N)c(Cl)cc1N(CCC#N)C1CC1. The van der Waals surface area contributed by atoms with E-state index in [1.54, 1.807) is 0 Å². The molecule has 1 saturated carbocycles. The molecule has 1 aliphatic carbocycles. The lowest BCUT2D eigenvalue weighted by Crippen LogP contribution is -2.27. The van der Waals surface area contributed by atoms with Gasteiger partial charge in [0, 0.05) is 18.3 Å². The molecule has 0 amide bonds. The van der Waals surface area contributed by atoms with Crippen LogP contribution in [0.2, 0.25) is 5.02 Å². The summed E-state index contributed by atoms with van der Waals surface area (Å²) in [6.07, 6.45) is 2.94. The van der Waals surface area contributed by atoms with Crippen LogP contribution in [0, 0.1) is 18.3 Å². The third kappa shape index (κ3) is 2.65. The number of hydrogen-bond donors (Lipinski definition) is 1. The van der Waals surface area contributed by atoms with Crippen LogP contribution >= 0.6 is 11.6 Å². The van der Waals surface area contributed by atoms with Crippen molar-refractivity contribution in [1.82, 2.24) is 0 Å². The van der Waals surface area contributed by atoms with Gasteiger partial charge < -0.3 is 10.6 Å². The van der Waals surface area contributed by atoms with Crippen LogP contribution < -0.4 is 10.6 Å². The molecule has 0 unspecified atom stereocenters. The van der Waals surface area contributed by atoms with E-state index in [0.29, 0.717) is 23.2 Å². The van der Waals surface area contributed by atoms with E-state index in [0.717, 1.165) is 17.8 Å². The van der Waals surface area contributed by atoms with Crippen molar-refractivity contribution < 1.29 is 0 Å². The Morgan fingerprint density at radius 1 is 1.53 bits per heavy atom. The Labute approximate surface area is 107 Å². The zero-order chi connectivity index (χ0) is 12.4. The number of halogens is 1. The lowest BCUT2D eigenvalue weighted by atomic mass is 10.1. The quantitative estimate of drug-likeness (QED) is 0.835. The van der Waals surface area contributed by atoms with Crippen molar-refractivity contribution in [1.29, 1.82) is 5.26 Å². The predicted molar refractivity (Wildman–Crippen MR) is 71.2 cm³/mol. The molecule has 2 rings (SSSR count). The topological polar surface area (TPSA) is 53.0 Å². The number of nitrogens with zero attached hydrogens (tertiary/aromatic N) is 2. The largest absolute Gasteiger partial charge is 0.398 e. The molecule has 0 radical (unpaired) electrons. The predicted octanol–water partition coefficient (Wildman–Crippen LogP) is 3.11. The number of aryl methyl sites for hydroxylation is 1. The Morgan fingerprint density at radius 3 is 2.82 bits per heavy atom. The van der Waals surface area contributed by atoms with E-state index in [1.807, 2.05) is 19.1 Å². The highest BCUT2D eigenvalue weighted by Gasteiger charge is 2.29. The average Bonchev–Trinajstić information content (AvgIpc) is 3.10. The Bertz CT molecular complexity index is 460. The second kappa shape index (κ2) is 4.85. The van der Waals surface area contributed by atoms with Crippen LogP contribution in [-0.2, 0) is 0 Å². The van der Waals surface area contributed by atoms with Crippen LogP contribution in [0.4, 0.5) is 11.4 Å². The Balaban J connectivity index is 2.29. The minimum Gasteiger partial charge on any atom is -0.398 e. The minimum atomic E-state index is 0.540. The Kier molecular flexibility index (Phi) is 3.44. The fourth-order valence-corrected chi connectivity index (χ4v) is 2.22. The van der Waals surface area contributed by atoms with Crippen molar-refractivity contribution in [2.75, 3.05) is 17.2 Å². The molecule has 0 heterocycles. The van der Waals surface area contributed by atoms with Gasteiger partial charge in [-0.15, -0.1) is 0 Å². The van der Waals surface area contributed by atoms with Crippen molar-refractivity contribution in [3.63, 3.8) is 0 Å². The average molecular weight is 250 g/mol.